The third-order valence-corrected chi connectivity index (χ3v) is 4.34. The standard InChI is InChI=1S/C17H16N4O2S/c1-10-4-5-11(2)12(8-10)14-9-24-17(18-14)19-16(23)13-6-7-15(22)21(3)20-13/h4-9H,1-3H3,(H,18,19,23). The van der Waals surface area contributed by atoms with Gasteiger partial charge in [-0.2, -0.15) is 5.10 Å². The van der Waals surface area contributed by atoms with Crippen LogP contribution < -0.4 is 10.9 Å². The second kappa shape index (κ2) is 6.37. The second-order valence-electron chi connectivity index (χ2n) is 5.49. The third-order valence-electron chi connectivity index (χ3n) is 3.59. The molecule has 0 atom stereocenters. The normalized spacial score (nSPS) is 10.6. The molecule has 7 heteroatoms. The first-order valence-electron chi connectivity index (χ1n) is 7.33. The highest BCUT2D eigenvalue weighted by Gasteiger charge is 2.13. The van der Waals surface area contributed by atoms with Crippen molar-refractivity contribution in [3.8, 4) is 11.3 Å². The number of nitrogens with zero attached hydrogens (tertiary/aromatic N) is 3. The van der Waals surface area contributed by atoms with Crippen LogP contribution >= 0.6 is 11.3 Å². The van der Waals surface area contributed by atoms with Crippen molar-refractivity contribution in [1.29, 1.82) is 0 Å². The van der Waals surface area contributed by atoms with E-state index < -0.39 is 5.91 Å². The number of aryl methyl sites for hydroxylation is 3. The smallest absolute Gasteiger partial charge is 0.277 e. The summed E-state index contributed by atoms with van der Waals surface area (Å²) in [7, 11) is 1.50. The molecule has 0 unspecified atom stereocenters. The van der Waals surface area contributed by atoms with E-state index in [0.717, 1.165) is 27.1 Å². The topological polar surface area (TPSA) is 76.9 Å². The molecule has 0 aliphatic heterocycles. The maximum atomic E-state index is 12.2. The molecular formula is C17H16N4O2S. The van der Waals surface area contributed by atoms with Crippen molar-refractivity contribution in [2.24, 2.45) is 7.05 Å². The van der Waals surface area contributed by atoms with Crippen molar-refractivity contribution in [2.75, 3.05) is 5.32 Å². The van der Waals surface area contributed by atoms with E-state index >= 15 is 0 Å². The van der Waals surface area contributed by atoms with Gasteiger partial charge in [-0.05, 0) is 31.5 Å². The summed E-state index contributed by atoms with van der Waals surface area (Å²) in [4.78, 5) is 28.0. The summed E-state index contributed by atoms with van der Waals surface area (Å²) < 4.78 is 1.12. The lowest BCUT2D eigenvalue weighted by Gasteiger charge is -2.04. The van der Waals surface area contributed by atoms with E-state index in [1.807, 2.05) is 19.2 Å². The van der Waals surface area contributed by atoms with E-state index in [9.17, 15) is 9.59 Å². The third kappa shape index (κ3) is 3.26. The molecule has 3 aromatic rings. The maximum Gasteiger partial charge on any atom is 0.277 e. The minimum atomic E-state index is -0.396. The summed E-state index contributed by atoms with van der Waals surface area (Å²) in [6.45, 7) is 4.06. The monoisotopic (exact) mass is 340 g/mol. The van der Waals surface area contributed by atoms with Gasteiger partial charge in [-0.3, -0.25) is 14.9 Å². The van der Waals surface area contributed by atoms with Crippen LogP contribution in [0.25, 0.3) is 11.3 Å². The molecule has 0 bridgehead atoms. The van der Waals surface area contributed by atoms with E-state index in [-0.39, 0.29) is 11.3 Å². The number of carbonyl (C=O) groups is 1. The average Bonchev–Trinajstić information content (AvgIpc) is 3.00. The zero-order valence-corrected chi connectivity index (χ0v) is 14.3. The Labute approximate surface area is 142 Å². The molecule has 0 saturated carbocycles. The zero-order chi connectivity index (χ0) is 17.3. The van der Waals surface area contributed by atoms with E-state index in [2.05, 4.69) is 33.6 Å². The van der Waals surface area contributed by atoms with Gasteiger partial charge in [-0.15, -0.1) is 11.3 Å². The van der Waals surface area contributed by atoms with Gasteiger partial charge >= 0.3 is 0 Å². The zero-order valence-electron chi connectivity index (χ0n) is 13.5. The molecule has 0 radical (unpaired) electrons. The molecule has 6 nitrogen and oxygen atoms in total. The molecule has 1 N–H and O–H groups in total. The summed E-state index contributed by atoms with van der Waals surface area (Å²) in [6.07, 6.45) is 0. The van der Waals surface area contributed by atoms with E-state index in [4.69, 9.17) is 0 Å². The summed E-state index contributed by atoms with van der Waals surface area (Å²) in [5.74, 6) is -0.396. The fourth-order valence-electron chi connectivity index (χ4n) is 2.25. The summed E-state index contributed by atoms with van der Waals surface area (Å²) >= 11 is 1.35. The molecule has 1 amide bonds. The molecule has 122 valence electrons. The highest BCUT2D eigenvalue weighted by molar-refractivity contribution is 7.14. The molecule has 0 fully saturated rings. The highest BCUT2D eigenvalue weighted by atomic mass is 32.1. The fourth-order valence-corrected chi connectivity index (χ4v) is 2.96. The van der Waals surface area contributed by atoms with Crippen LogP contribution in [0.1, 0.15) is 21.6 Å². The van der Waals surface area contributed by atoms with Crippen molar-refractivity contribution < 1.29 is 4.79 Å². The van der Waals surface area contributed by atoms with E-state index in [1.54, 1.807) is 0 Å². The minimum Gasteiger partial charge on any atom is -0.296 e. The highest BCUT2D eigenvalue weighted by Crippen LogP contribution is 2.28. The quantitative estimate of drug-likeness (QED) is 0.795. The largest absolute Gasteiger partial charge is 0.296 e. The van der Waals surface area contributed by atoms with Gasteiger partial charge in [-0.25, -0.2) is 9.67 Å². The predicted octanol–water partition coefficient (Wildman–Crippen LogP) is 2.77. The molecule has 3 rings (SSSR count). The molecule has 0 saturated heterocycles. The Morgan fingerprint density at radius 2 is 2.00 bits per heavy atom. The summed E-state index contributed by atoms with van der Waals surface area (Å²) in [5.41, 5.74) is 4.06. The van der Waals surface area contributed by atoms with Gasteiger partial charge in [-0.1, -0.05) is 17.7 Å². The van der Waals surface area contributed by atoms with Crippen LogP contribution in [0, 0.1) is 13.8 Å². The van der Waals surface area contributed by atoms with Crippen LogP contribution in [-0.4, -0.2) is 20.7 Å². The van der Waals surface area contributed by atoms with Crippen LogP contribution in [0.4, 0.5) is 5.13 Å². The van der Waals surface area contributed by atoms with Gasteiger partial charge in [0.05, 0.1) is 5.69 Å². The molecule has 1 aromatic carbocycles. The summed E-state index contributed by atoms with van der Waals surface area (Å²) in [6, 6.07) is 8.89. The lowest BCUT2D eigenvalue weighted by atomic mass is 10.0. The van der Waals surface area contributed by atoms with E-state index in [0.29, 0.717) is 5.13 Å². The minimum absolute atomic E-state index is 0.167. The Balaban J connectivity index is 1.83. The first kappa shape index (κ1) is 16.1. The Hall–Kier alpha value is -2.80. The maximum absolute atomic E-state index is 12.2. The molecule has 0 aliphatic rings. The molecule has 0 spiro atoms. The number of rotatable bonds is 3. The molecular weight excluding hydrogens is 324 g/mol. The number of anilines is 1. The van der Waals surface area contributed by atoms with Crippen molar-refractivity contribution in [1.82, 2.24) is 14.8 Å². The van der Waals surface area contributed by atoms with Gasteiger partial charge in [0.15, 0.2) is 5.13 Å². The number of carbonyl (C=O) groups excluding carboxylic acids is 1. The summed E-state index contributed by atoms with van der Waals surface area (Å²) in [5, 5.41) is 9.05. The average molecular weight is 340 g/mol. The van der Waals surface area contributed by atoms with Crippen LogP contribution in [-0.2, 0) is 7.05 Å². The number of benzene rings is 1. The van der Waals surface area contributed by atoms with Gasteiger partial charge in [0.2, 0.25) is 0 Å². The number of nitrogens with one attached hydrogen (secondary N) is 1. The molecule has 24 heavy (non-hydrogen) atoms. The lowest BCUT2D eigenvalue weighted by Crippen LogP contribution is -2.23. The van der Waals surface area contributed by atoms with Crippen LogP contribution in [0.5, 0.6) is 0 Å². The SMILES string of the molecule is Cc1ccc(C)c(-c2csc(NC(=O)c3ccc(=O)n(C)n3)n2)c1. The number of hydrogen-bond donors (Lipinski definition) is 1. The van der Waals surface area contributed by atoms with Crippen molar-refractivity contribution in [3.63, 3.8) is 0 Å². The van der Waals surface area contributed by atoms with Gasteiger partial charge in [0.1, 0.15) is 5.69 Å². The van der Waals surface area contributed by atoms with Crippen molar-refractivity contribution in [3.05, 3.63) is 62.9 Å². The molecule has 2 heterocycles. The number of amides is 1. The fraction of sp³-hybridized carbons (Fsp3) is 0.176. The first-order chi connectivity index (χ1) is 11.4. The Bertz CT molecular complexity index is 975. The lowest BCUT2D eigenvalue weighted by molar-refractivity contribution is 0.102. The van der Waals surface area contributed by atoms with Crippen LogP contribution in [0.3, 0.4) is 0 Å². The van der Waals surface area contributed by atoms with E-state index in [1.165, 1.54) is 30.5 Å². The Kier molecular flexibility index (Phi) is 4.26. The molecule has 0 aliphatic carbocycles. The second-order valence-corrected chi connectivity index (χ2v) is 6.35. The van der Waals surface area contributed by atoms with Gasteiger partial charge < -0.3 is 0 Å². The Morgan fingerprint density at radius 3 is 2.75 bits per heavy atom. The van der Waals surface area contributed by atoms with Crippen LogP contribution in [0.2, 0.25) is 0 Å². The molecule has 2 aromatic heterocycles. The van der Waals surface area contributed by atoms with Crippen molar-refractivity contribution in [2.45, 2.75) is 13.8 Å². The predicted molar refractivity (Wildman–Crippen MR) is 94.5 cm³/mol. The number of hydrogen-bond acceptors (Lipinski definition) is 5. The first-order valence-corrected chi connectivity index (χ1v) is 8.21. The number of aromatic nitrogens is 3. The van der Waals surface area contributed by atoms with Gasteiger partial charge in [0.25, 0.3) is 11.5 Å². The van der Waals surface area contributed by atoms with Crippen LogP contribution in [0.15, 0.2) is 40.5 Å². The number of thiazole rings is 1. The van der Waals surface area contributed by atoms with Gasteiger partial charge in [0, 0.05) is 24.1 Å². The van der Waals surface area contributed by atoms with Crippen molar-refractivity contribution >= 4 is 22.4 Å². The Morgan fingerprint density at radius 1 is 1.21 bits per heavy atom.